The number of halogens is 3. The second-order valence-electron chi connectivity index (χ2n) is 6.39. The zero-order chi connectivity index (χ0) is 22.9. The molecule has 0 N–H and O–H groups in total. The first-order valence-corrected chi connectivity index (χ1v) is 8.91. The van der Waals surface area contributed by atoms with Crippen molar-refractivity contribution in [2.75, 3.05) is 0 Å². The maximum absolute atomic E-state index is 12.9. The van der Waals surface area contributed by atoms with Crippen molar-refractivity contribution in [3.8, 4) is 11.5 Å². The fraction of sp³-hybridized carbons (Fsp3) is 0.0476. The first-order valence-electron chi connectivity index (χ1n) is 8.91. The highest BCUT2D eigenvalue weighted by molar-refractivity contribution is 6.12. The van der Waals surface area contributed by atoms with Gasteiger partial charge >= 0.3 is 17.8 Å². The van der Waals surface area contributed by atoms with Crippen LogP contribution < -0.4 is 4.74 Å². The number of hydrogen-bond donors (Lipinski definition) is 0. The fourth-order valence-corrected chi connectivity index (χ4v) is 2.80. The number of alkyl halides is 3. The molecular weight excluding hydrogens is 433 g/mol. The van der Waals surface area contributed by atoms with Gasteiger partial charge in [0.15, 0.2) is 11.5 Å². The quantitative estimate of drug-likeness (QED) is 0.228. The highest BCUT2D eigenvalue weighted by atomic mass is 19.4. The van der Waals surface area contributed by atoms with E-state index in [0.29, 0.717) is 12.1 Å². The Bertz CT molecular complexity index is 1260. The number of aliphatic imine (C=N–C) groups is 1. The number of hydrogen-bond acceptors (Lipinski definition) is 7. The summed E-state index contributed by atoms with van der Waals surface area (Å²) < 4.78 is 54.5. The number of nitro groups is 1. The molecule has 0 amide bonds. The van der Waals surface area contributed by atoms with Crippen LogP contribution in [0.15, 0.2) is 76.0 Å². The molecule has 0 saturated heterocycles. The zero-order valence-electron chi connectivity index (χ0n) is 15.8. The predicted octanol–water partition coefficient (Wildman–Crippen LogP) is 5.34. The second kappa shape index (κ2) is 8.02. The van der Waals surface area contributed by atoms with E-state index in [-0.39, 0.29) is 28.7 Å². The molecule has 2 aromatic carbocycles. The summed E-state index contributed by atoms with van der Waals surface area (Å²) in [6.45, 7) is 0. The van der Waals surface area contributed by atoms with Crippen LogP contribution in [-0.4, -0.2) is 16.8 Å². The second-order valence-corrected chi connectivity index (χ2v) is 6.39. The van der Waals surface area contributed by atoms with Crippen LogP contribution in [0.3, 0.4) is 0 Å². The number of rotatable bonds is 5. The van der Waals surface area contributed by atoms with Gasteiger partial charge in [-0.1, -0.05) is 18.2 Å². The third-order valence-electron chi connectivity index (χ3n) is 4.27. The van der Waals surface area contributed by atoms with E-state index in [2.05, 4.69) is 4.99 Å². The van der Waals surface area contributed by atoms with Gasteiger partial charge < -0.3 is 13.9 Å². The number of benzene rings is 2. The van der Waals surface area contributed by atoms with Gasteiger partial charge in [-0.05, 0) is 36.4 Å². The topological polar surface area (TPSA) is 104 Å². The molecule has 0 radical (unpaired) electrons. The Balaban J connectivity index is 1.69. The minimum absolute atomic E-state index is 0.0389. The van der Waals surface area contributed by atoms with E-state index in [4.69, 9.17) is 13.9 Å². The molecule has 0 atom stereocenters. The standard InChI is InChI=1S/C21H11F3N2O6/c22-21(23,24)13-7-8-17(15(11-13)26(28)29)31-16-5-2-1-4-12(16)10-14-20(27)32-19(25-14)18-6-3-9-30-18/h1-11H/b14-10-. The summed E-state index contributed by atoms with van der Waals surface area (Å²) in [4.78, 5) is 26.5. The van der Waals surface area contributed by atoms with Gasteiger partial charge in [0.25, 0.3) is 5.90 Å². The van der Waals surface area contributed by atoms with Crippen LogP contribution in [0.25, 0.3) is 6.08 Å². The Hall–Kier alpha value is -4.41. The number of nitrogens with zero attached hydrogens (tertiary/aromatic N) is 2. The number of carbonyl (C=O) groups is 1. The van der Waals surface area contributed by atoms with Crippen LogP contribution in [0, 0.1) is 10.1 Å². The third-order valence-corrected chi connectivity index (χ3v) is 4.27. The molecule has 2 heterocycles. The number of para-hydroxylation sites is 1. The molecule has 0 spiro atoms. The number of ether oxygens (including phenoxy) is 2. The number of furan rings is 1. The largest absolute Gasteiger partial charge is 0.459 e. The number of nitro benzene ring substituents is 1. The van der Waals surface area contributed by atoms with Gasteiger partial charge in [-0.25, -0.2) is 9.79 Å². The Morgan fingerprint density at radius 1 is 1.06 bits per heavy atom. The van der Waals surface area contributed by atoms with E-state index in [1.165, 1.54) is 24.5 Å². The molecule has 0 bridgehead atoms. The van der Waals surface area contributed by atoms with Crippen molar-refractivity contribution in [1.82, 2.24) is 0 Å². The Morgan fingerprint density at radius 2 is 1.84 bits per heavy atom. The average Bonchev–Trinajstić information content (AvgIpc) is 3.39. The molecule has 4 rings (SSSR count). The molecule has 3 aromatic rings. The lowest BCUT2D eigenvalue weighted by Crippen LogP contribution is -2.06. The summed E-state index contributed by atoms with van der Waals surface area (Å²) in [6.07, 6.45) is -2.05. The van der Waals surface area contributed by atoms with E-state index in [9.17, 15) is 28.1 Å². The van der Waals surface area contributed by atoms with Crippen molar-refractivity contribution < 1.29 is 36.8 Å². The molecule has 1 aliphatic rings. The maximum Gasteiger partial charge on any atom is 0.416 e. The van der Waals surface area contributed by atoms with Gasteiger partial charge in [-0.15, -0.1) is 0 Å². The first kappa shape index (κ1) is 20.8. The number of esters is 1. The van der Waals surface area contributed by atoms with Crippen LogP contribution in [0.5, 0.6) is 11.5 Å². The first-order chi connectivity index (χ1) is 15.2. The van der Waals surface area contributed by atoms with Gasteiger partial charge in [-0.3, -0.25) is 10.1 Å². The minimum Gasteiger partial charge on any atom is -0.459 e. The maximum atomic E-state index is 12.9. The molecule has 0 unspecified atom stereocenters. The zero-order valence-corrected chi connectivity index (χ0v) is 15.8. The van der Waals surface area contributed by atoms with Crippen molar-refractivity contribution >= 4 is 23.6 Å². The van der Waals surface area contributed by atoms with E-state index in [1.54, 1.807) is 24.3 Å². The lowest BCUT2D eigenvalue weighted by Gasteiger charge is -2.11. The molecule has 0 aliphatic carbocycles. The van der Waals surface area contributed by atoms with Crippen molar-refractivity contribution in [2.45, 2.75) is 6.18 Å². The number of carbonyl (C=O) groups excluding carboxylic acids is 1. The van der Waals surface area contributed by atoms with Crippen LogP contribution in [-0.2, 0) is 15.7 Å². The van der Waals surface area contributed by atoms with Gasteiger partial charge in [0.05, 0.1) is 16.7 Å². The van der Waals surface area contributed by atoms with Crippen molar-refractivity contribution in [3.63, 3.8) is 0 Å². The van der Waals surface area contributed by atoms with Crippen molar-refractivity contribution in [3.05, 3.63) is 93.6 Å². The number of cyclic esters (lactones) is 1. The summed E-state index contributed by atoms with van der Waals surface area (Å²) >= 11 is 0. The summed E-state index contributed by atoms with van der Waals surface area (Å²) in [6, 6.07) is 11.2. The summed E-state index contributed by atoms with van der Waals surface area (Å²) in [5.41, 5.74) is -1.84. The smallest absolute Gasteiger partial charge is 0.416 e. The van der Waals surface area contributed by atoms with Crippen LogP contribution >= 0.6 is 0 Å². The van der Waals surface area contributed by atoms with Gasteiger partial charge in [0.2, 0.25) is 5.75 Å². The average molecular weight is 444 g/mol. The molecule has 8 nitrogen and oxygen atoms in total. The van der Waals surface area contributed by atoms with Crippen LogP contribution in [0.2, 0.25) is 0 Å². The summed E-state index contributed by atoms with van der Waals surface area (Å²) in [5.74, 6) is -0.902. The molecule has 11 heteroatoms. The molecule has 1 aromatic heterocycles. The van der Waals surface area contributed by atoms with Crippen molar-refractivity contribution in [2.24, 2.45) is 4.99 Å². The van der Waals surface area contributed by atoms with E-state index >= 15 is 0 Å². The minimum atomic E-state index is -4.75. The highest BCUT2D eigenvalue weighted by Crippen LogP contribution is 2.39. The molecular formula is C21H11F3N2O6. The van der Waals surface area contributed by atoms with Gasteiger partial charge in [0, 0.05) is 11.6 Å². The lowest BCUT2D eigenvalue weighted by molar-refractivity contribution is -0.385. The Labute approximate surface area is 177 Å². The normalized spacial score (nSPS) is 14.9. The third kappa shape index (κ3) is 4.21. The van der Waals surface area contributed by atoms with E-state index < -0.39 is 34.1 Å². The van der Waals surface area contributed by atoms with E-state index in [0.717, 1.165) is 6.07 Å². The van der Waals surface area contributed by atoms with Crippen LogP contribution in [0.1, 0.15) is 16.9 Å². The van der Waals surface area contributed by atoms with Gasteiger partial charge in [-0.2, -0.15) is 13.2 Å². The highest BCUT2D eigenvalue weighted by Gasteiger charge is 2.33. The summed E-state index contributed by atoms with van der Waals surface area (Å²) in [5, 5.41) is 11.3. The molecule has 32 heavy (non-hydrogen) atoms. The summed E-state index contributed by atoms with van der Waals surface area (Å²) in [7, 11) is 0. The molecule has 0 saturated carbocycles. The van der Waals surface area contributed by atoms with Crippen molar-refractivity contribution in [1.29, 1.82) is 0 Å². The molecule has 1 aliphatic heterocycles. The van der Waals surface area contributed by atoms with Gasteiger partial charge in [0.1, 0.15) is 5.75 Å². The van der Waals surface area contributed by atoms with E-state index in [1.807, 2.05) is 0 Å². The molecule has 0 fully saturated rings. The lowest BCUT2D eigenvalue weighted by atomic mass is 10.1. The Kier molecular flexibility index (Phi) is 5.23. The molecule has 162 valence electrons. The Morgan fingerprint density at radius 3 is 2.53 bits per heavy atom. The predicted molar refractivity (Wildman–Crippen MR) is 104 cm³/mol. The van der Waals surface area contributed by atoms with Crippen LogP contribution in [0.4, 0.5) is 18.9 Å². The fourth-order valence-electron chi connectivity index (χ4n) is 2.80. The monoisotopic (exact) mass is 444 g/mol. The SMILES string of the molecule is O=C1OC(c2ccco2)=N/C1=C\c1ccccc1Oc1ccc(C(F)(F)F)cc1[N+](=O)[O-].